The minimum atomic E-state index is -2.10. The fourth-order valence-electron chi connectivity index (χ4n) is 8.80. The quantitative estimate of drug-likeness (QED) is 0.299. The number of hydrogen-bond donors (Lipinski definition) is 0. The fraction of sp³-hybridized carbons (Fsp3) is 0.452. The first-order chi connectivity index (χ1) is 15.6. The Balaban J connectivity index is 0.00000120. The predicted molar refractivity (Wildman–Crippen MR) is 147 cm³/mol. The molecule has 4 bridgehead atoms. The largest absolute Gasteiger partial charge is 0.147 e. The van der Waals surface area contributed by atoms with E-state index in [0.29, 0.717) is 5.41 Å². The number of hydrogen-bond acceptors (Lipinski definition) is 0. The van der Waals surface area contributed by atoms with E-state index < -0.39 is 21.3 Å². The molecule has 34 heavy (non-hydrogen) atoms. The summed E-state index contributed by atoms with van der Waals surface area (Å²) in [6.07, 6.45) is 16.7. The van der Waals surface area contributed by atoms with Crippen molar-refractivity contribution in [1.29, 1.82) is 0 Å². The van der Waals surface area contributed by atoms with Crippen LogP contribution in [0.5, 0.6) is 0 Å². The maximum Gasteiger partial charge on any atom is -0.147 e. The summed E-state index contributed by atoms with van der Waals surface area (Å²) >= 11 is -2.10. The summed E-state index contributed by atoms with van der Waals surface area (Å²) in [4.78, 5) is 0. The summed E-state index contributed by atoms with van der Waals surface area (Å²) in [5.41, 5.74) is 8.63. The van der Waals surface area contributed by atoms with E-state index in [1.807, 2.05) is 8.85 Å². The molecule has 0 radical (unpaired) electrons. The van der Waals surface area contributed by atoms with Gasteiger partial charge in [0.05, 0.1) is 0 Å². The average Bonchev–Trinajstić information content (AvgIpc) is 3.39. The zero-order chi connectivity index (χ0) is 21.4. The maximum atomic E-state index is 2.63. The van der Waals surface area contributed by atoms with E-state index in [-0.39, 0.29) is 24.8 Å². The SMILES string of the molecule is C[C](C)=[Zr]([C]1=C(C23CC4CC(CC(C4)C2)C3)C=CC1)[c]1cccc2c1Cc1ccccc1-2.Cl.Cl. The third-order valence-corrected chi connectivity index (χ3v) is 17.0. The number of benzene rings is 2. The summed E-state index contributed by atoms with van der Waals surface area (Å²) in [7, 11) is 0. The molecule has 2 aromatic carbocycles. The van der Waals surface area contributed by atoms with Crippen LogP contribution in [0.15, 0.2) is 63.5 Å². The third kappa shape index (κ3) is 3.76. The van der Waals surface area contributed by atoms with Gasteiger partial charge in [-0.05, 0) is 0 Å². The first kappa shape index (κ1) is 24.9. The van der Waals surface area contributed by atoms with Gasteiger partial charge in [-0.25, -0.2) is 0 Å². The second kappa shape index (κ2) is 9.28. The Kier molecular flexibility index (Phi) is 6.81. The molecule has 0 unspecified atom stereocenters. The van der Waals surface area contributed by atoms with Crippen molar-refractivity contribution in [2.45, 2.75) is 65.2 Å². The van der Waals surface area contributed by atoms with Gasteiger partial charge in [0.25, 0.3) is 0 Å². The molecular weight excluding hydrogens is 534 g/mol. The van der Waals surface area contributed by atoms with Crippen molar-refractivity contribution >= 4 is 31.3 Å². The van der Waals surface area contributed by atoms with Crippen LogP contribution in [-0.2, 0) is 27.7 Å². The summed E-state index contributed by atoms with van der Waals surface area (Å²) in [6.45, 7) is 4.94. The normalized spacial score (nSPS) is 29.4. The number of fused-ring (bicyclic) bond motifs is 3. The van der Waals surface area contributed by atoms with Crippen LogP contribution in [0.4, 0.5) is 0 Å². The second-order valence-electron chi connectivity index (χ2n) is 11.7. The Morgan fingerprint density at radius 1 is 0.824 bits per heavy atom. The van der Waals surface area contributed by atoms with Crippen molar-refractivity contribution in [3.8, 4) is 11.1 Å². The fourth-order valence-corrected chi connectivity index (χ4v) is 16.7. The molecule has 4 fully saturated rings. The van der Waals surface area contributed by atoms with Gasteiger partial charge in [-0.15, -0.1) is 24.8 Å². The van der Waals surface area contributed by atoms with E-state index in [0.717, 1.165) is 24.2 Å². The van der Waals surface area contributed by atoms with Crippen LogP contribution in [0.25, 0.3) is 11.1 Å². The molecule has 0 aliphatic heterocycles. The van der Waals surface area contributed by atoms with E-state index in [1.54, 1.807) is 31.3 Å². The molecule has 0 heterocycles. The van der Waals surface area contributed by atoms with Gasteiger partial charge >= 0.3 is 202 Å². The third-order valence-electron chi connectivity index (χ3n) is 9.46. The van der Waals surface area contributed by atoms with Crippen molar-refractivity contribution in [3.63, 3.8) is 0 Å². The standard InChI is InChI=1S/C15H19.C13H9.C3H6.2ClH.Zr/c1-2-4-14(3-1)15-8-11-5-12(9-15)7-13(6-11)10-15;1-3-7-12-10(5-1)9-11-6-2-4-8-13(11)12;1-3-2;;;/h1,3,11-13H,2,5-10H2;1-5,7-8H,9H2;1-2H3;2*1H;. The second-order valence-corrected chi connectivity index (χ2v) is 18.8. The summed E-state index contributed by atoms with van der Waals surface area (Å²) in [5.74, 6) is 3.08. The zero-order valence-corrected chi connectivity index (χ0v) is 24.5. The van der Waals surface area contributed by atoms with Crippen LogP contribution in [0.3, 0.4) is 0 Å². The van der Waals surface area contributed by atoms with Crippen LogP contribution in [0, 0.1) is 23.2 Å². The van der Waals surface area contributed by atoms with Crippen LogP contribution in [0.1, 0.15) is 69.9 Å². The van der Waals surface area contributed by atoms with E-state index in [1.165, 1.54) is 42.4 Å². The zero-order valence-electron chi connectivity index (χ0n) is 20.4. The molecule has 2 aromatic rings. The molecule has 8 rings (SSSR count). The molecule has 0 amide bonds. The molecule has 3 heteroatoms. The van der Waals surface area contributed by atoms with Gasteiger partial charge in [-0.1, -0.05) is 0 Å². The van der Waals surface area contributed by atoms with Gasteiger partial charge in [0.15, 0.2) is 0 Å². The molecule has 6 aliphatic rings. The van der Waals surface area contributed by atoms with Crippen LogP contribution in [-0.4, -0.2) is 3.21 Å². The first-order valence-corrected chi connectivity index (χ1v) is 16.6. The molecular formula is C31H36Cl2Zr. The van der Waals surface area contributed by atoms with E-state index in [4.69, 9.17) is 0 Å². The molecule has 0 nitrogen and oxygen atoms in total. The van der Waals surface area contributed by atoms with Crippen molar-refractivity contribution in [1.82, 2.24) is 0 Å². The molecule has 0 spiro atoms. The smallest absolute Gasteiger partial charge is 0.147 e. The van der Waals surface area contributed by atoms with E-state index >= 15 is 0 Å². The summed E-state index contributed by atoms with van der Waals surface area (Å²) < 4.78 is 5.48. The first-order valence-electron chi connectivity index (χ1n) is 12.9. The van der Waals surface area contributed by atoms with Gasteiger partial charge in [0.1, 0.15) is 0 Å². The molecule has 6 aliphatic carbocycles. The van der Waals surface area contributed by atoms with E-state index in [2.05, 4.69) is 68.5 Å². The molecule has 4 saturated carbocycles. The van der Waals surface area contributed by atoms with Gasteiger partial charge in [0, 0.05) is 0 Å². The summed E-state index contributed by atoms with van der Waals surface area (Å²) in [5, 5.41) is 0. The number of halogens is 2. The van der Waals surface area contributed by atoms with Crippen LogP contribution in [0.2, 0.25) is 0 Å². The van der Waals surface area contributed by atoms with Crippen molar-refractivity contribution in [3.05, 3.63) is 74.6 Å². The minimum absolute atomic E-state index is 0. The maximum absolute atomic E-state index is 2.63. The summed E-state index contributed by atoms with van der Waals surface area (Å²) in [6, 6.07) is 16.4. The topological polar surface area (TPSA) is 0 Å². The Hall–Kier alpha value is -0.747. The Bertz CT molecular complexity index is 1190. The predicted octanol–water partition coefficient (Wildman–Crippen LogP) is 7.99. The van der Waals surface area contributed by atoms with Gasteiger partial charge in [-0.2, -0.15) is 0 Å². The Morgan fingerprint density at radius 3 is 2.15 bits per heavy atom. The minimum Gasteiger partial charge on any atom is -0.147 e. The van der Waals surface area contributed by atoms with Gasteiger partial charge in [-0.3, -0.25) is 0 Å². The van der Waals surface area contributed by atoms with Gasteiger partial charge < -0.3 is 0 Å². The Morgan fingerprint density at radius 2 is 1.47 bits per heavy atom. The van der Waals surface area contributed by atoms with Gasteiger partial charge in [0.2, 0.25) is 0 Å². The molecule has 0 atom stereocenters. The molecule has 0 aromatic heterocycles. The monoisotopic (exact) mass is 568 g/mol. The van der Waals surface area contributed by atoms with Crippen molar-refractivity contribution < 1.29 is 21.3 Å². The van der Waals surface area contributed by atoms with E-state index in [9.17, 15) is 0 Å². The molecule has 178 valence electrons. The molecule has 0 N–H and O–H groups in total. The number of allylic oxidation sites excluding steroid dienone is 4. The molecule has 0 saturated heterocycles. The van der Waals surface area contributed by atoms with Crippen LogP contribution < -0.4 is 3.27 Å². The van der Waals surface area contributed by atoms with Crippen molar-refractivity contribution in [2.24, 2.45) is 23.2 Å². The van der Waals surface area contributed by atoms with Crippen LogP contribution >= 0.6 is 24.8 Å². The number of rotatable bonds is 3. The average molecular weight is 571 g/mol. The van der Waals surface area contributed by atoms with Crippen molar-refractivity contribution in [2.75, 3.05) is 0 Å². The Labute approximate surface area is 225 Å².